The van der Waals surface area contributed by atoms with E-state index < -0.39 is 7.92 Å². The Kier molecular flexibility index (Phi) is 6.20. The van der Waals surface area contributed by atoms with E-state index in [2.05, 4.69) is 108 Å². The molecule has 3 aromatic rings. The van der Waals surface area contributed by atoms with Crippen molar-refractivity contribution in [3.05, 3.63) is 83.9 Å². The molecular formula is C27H33OP. The monoisotopic (exact) mass is 404 g/mol. The summed E-state index contributed by atoms with van der Waals surface area (Å²) in [6.45, 7) is 13.8. The van der Waals surface area contributed by atoms with Gasteiger partial charge in [0, 0.05) is 0 Å². The third kappa shape index (κ3) is 4.73. The zero-order valence-electron chi connectivity index (χ0n) is 18.8. The molecule has 3 aromatic carbocycles. The third-order valence-corrected chi connectivity index (χ3v) is 7.76. The van der Waals surface area contributed by atoms with Crippen LogP contribution in [-0.2, 0) is 10.8 Å². The van der Waals surface area contributed by atoms with Gasteiger partial charge in [-0.05, 0) is 57.9 Å². The summed E-state index contributed by atoms with van der Waals surface area (Å²) in [5, 5.41) is 4.19. The Bertz CT molecular complexity index is 919. The highest BCUT2D eigenvalue weighted by Gasteiger charge is 2.29. The van der Waals surface area contributed by atoms with Crippen LogP contribution in [0.5, 0.6) is 5.75 Å². The molecule has 0 radical (unpaired) electrons. The van der Waals surface area contributed by atoms with Crippen molar-refractivity contribution >= 4 is 23.8 Å². The number of ether oxygens (including phenoxy) is 1. The van der Waals surface area contributed by atoms with Gasteiger partial charge in [0.25, 0.3) is 0 Å². The first-order valence-electron chi connectivity index (χ1n) is 10.3. The normalized spacial score (nSPS) is 12.3. The van der Waals surface area contributed by atoms with Crippen molar-refractivity contribution < 1.29 is 4.74 Å². The Hall–Kier alpha value is -2.11. The average molecular weight is 405 g/mol. The van der Waals surface area contributed by atoms with Crippen LogP contribution in [0.4, 0.5) is 0 Å². The summed E-state index contributed by atoms with van der Waals surface area (Å²) in [5.74, 6) is 0.913. The van der Waals surface area contributed by atoms with Crippen molar-refractivity contribution in [1.29, 1.82) is 0 Å². The van der Waals surface area contributed by atoms with Crippen LogP contribution < -0.4 is 20.7 Å². The molecule has 0 fully saturated rings. The minimum absolute atomic E-state index is 0.0761. The van der Waals surface area contributed by atoms with Gasteiger partial charge in [-0.2, -0.15) is 0 Å². The van der Waals surface area contributed by atoms with Gasteiger partial charge >= 0.3 is 0 Å². The second kappa shape index (κ2) is 8.33. The lowest BCUT2D eigenvalue weighted by atomic mass is 9.87. The van der Waals surface area contributed by atoms with E-state index in [1.54, 1.807) is 7.11 Å². The van der Waals surface area contributed by atoms with E-state index in [1.807, 2.05) is 6.07 Å². The minimum Gasteiger partial charge on any atom is -0.497 e. The molecule has 0 N–H and O–H groups in total. The molecule has 0 saturated carbocycles. The van der Waals surface area contributed by atoms with Gasteiger partial charge < -0.3 is 4.74 Å². The molecule has 0 amide bonds. The summed E-state index contributed by atoms with van der Waals surface area (Å²) in [7, 11) is 1.03. The van der Waals surface area contributed by atoms with Gasteiger partial charge in [-0.1, -0.05) is 102 Å². The predicted octanol–water partition coefficient (Wildman–Crippen LogP) is 6.05. The lowest BCUT2D eigenvalue weighted by Gasteiger charge is -2.32. The number of benzene rings is 3. The van der Waals surface area contributed by atoms with Gasteiger partial charge in [-0.25, -0.2) is 0 Å². The van der Waals surface area contributed by atoms with Gasteiger partial charge in [-0.15, -0.1) is 0 Å². The molecule has 3 rings (SSSR count). The Morgan fingerprint density at radius 2 is 1.10 bits per heavy atom. The fourth-order valence-electron chi connectivity index (χ4n) is 3.76. The van der Waals surface area contributed by atoms with E-state index in [-0.39, 0.29) is 10.8 Å². The lowest BCUT2D eigenvalue weighted by Crippen LogP contribution is -2.32. The van der Waals surface area contributed by atoms with Gasteiger partial charge in [0.15, 0.2) is 0 Å². The second-order valence-electron chi connectivity index (χ2n) is 9.57. The van der Waals surface area contributed by atoms with Crippen LogP contribution in [0.3, 0.4) is 0 Å². The van der Waals surface area contributed by atoms with E-state index in [0.29, 0.717) is 0 Å². The topological polar surface area (TPSA) is 9.23 Å². The van der Waals surface area contributed by atoms with Crippen LogP contribution in [0, 0.1) is 0 Å². The van der Waals surface area contributed by atoms with Crippen LogP contribution in [0.25, 0.3) is 0 Å². The van der Waals surface area contributed by atoms with Crippen molar-refractivity contribution in [2.45, 2.75) is 52.4 Å². The minimum atomic E-state index is -0.718. The Labute approximate surface area is 177 Å². The van der Waals surface area contributed by atoms with Crippen molar-refractivity contribution in [3.63, 3.8) is 0 Å². The van der Waals surface area contributed by atoms with Gasteiger partial charge in [-0.3, -0.25) is 0 Å². The zero-order valence-corrected chi connectivity index (χ0v) is 19.7. The molecule has 0 atom stereocenters. The van der Waals surface area contributed by atoms with Crippen molar-refractivity contribution in [1.82, 2.24) is 0 Å². The van der Waals surface area contributed by atoms with Crippen LogP contribution in [-0.4, -0.2) is 7.11 Å². The summed E-state index contributed by atoms with van der Waals surface area (Å²) in [6.07, 6.45) is 0. The SMILES string of the molecule is COc1cccc(P(c2ccccc2C(C)(C)C)c2ccccc2C(C)(C)C)c1. The van der Waals surface area contributed by atoms with Crippen molar-refractivity contribution in [3.8, 4) is 5.75 Å². The summed E-state index contributed by atoms with van der Waals surface area (Å²) >= 11 is 0. The molecule has 29 heavy (non-hydrogen) atoms. The average Bonchev–Trinajstić information content (AvgIpc) is 2.68. The number of hydrogen-bond donors (Lipinski definition) is 0. The molecule has 0 aromatic heterocycles. The number of rotatable bonds is 4. The predicted molar refractivity (Wildman–Crippen MR) is 129 cm³/mol. The summed E-state index contributed by atoms with van der Waals surface area (Å²) in [4.78, 5) is 0. The molecule has 2 heteroatoms. The molecule has 0 aliphatic carbocycles. The smallest absolute Gasteiger partial charge is 0.119 e. The van der Waals surface area contributed by atoms with Crippen LogP contribution >= 0.6 is 7.92 Å². The molecule has 0 bridgehead atoms. The standard InChI is InChI=1S/C27H33OP/c1-26(2,3)22-15-8-10-17-24(22)29(21-14-12-13-20(19-21)28-7)25-18-11-9-16-23(25)27(4,5)6/h8-19H,1-7H3. The molecule has 152 valence electrons. The van der Waals surface area contributed by atoms with Crippen LogP contribution in [0.2, 0.25) is 0 Å². The lowest BCUT2D eigenvalue weighted by molar-refractivity contribution is 0.415. The molecule has 0 aliphatic heterocycles. The molecular weight excluding hydrogens is 371 g/mol. The van der Waals surface area contributed by atoms with Crippen molar-refractivity contribution in [2.75, 3.05) is 7.11 Å². The van der Waals surface area contributed by atoms with Crippen LogP contribution in [0.15, 0.2) is 72.8 Å². The van der Waals surface area contributed by atoms with E-state index in [4.69, 9.17) is 4.74 Å². The fourth-order valence-corrected chi connectivity index (χ4v) is 6.84. The van der Waals surface area contributed by atoms with E-state index in [1.165, 1.54) is 27.0 Å². The molecule has 0 saturated heterocycles. The first kappa shape index (κ1) is 21.6. The second-order valence-corrected chi connectivity index (χ2v) is 11.7. The largest absolute Gasteiger partial charge is 0.497 e. The maximum Gasteiger partial charge on any atom is 0.119 e. The van der Waals surface area contributed by atoms with E-state index in [9.17, 15) is 0 Å². The summed E-state index contributed by atoms with van der Waals surface area (Å²) < 4.78 is 5.58. The fraction of sp³-hybridized carbons (Fsp3) is 0.333. The third-order valence-electron chi connectivity index (χ3n) is 5.22. The highest BCUT2D eigenvalue weighted by atomic mass is 31.1. The zero-order chi connectivity index (χ0) is 21.2. The Morgan fingerprint density at radius 3 is 1.55 bits per heavy atom. The van der Waals surface area contributed by atoms with Gasteiger partial charge in [0.05, 0.1) is 7.11 Å². The maximum absolute atomic E-state index is 5.58. The first-order chi connectivity index (χ1) is 13.6. The molecule has 0 heterocycles. The maximum atomic E-state index is 5.58. The van der Waals surface area contributed by atoms with Gasteiger partial charge in [0.2, 0.25) is 0 Å². The first-order valence-corrected chi connectivity index (χ1v) is 11.6. The number of hydrogen-bond acceptors (Lipinski definition) is 1. The quantitative estimate of drug-likeness (QED) is 0.481. The molecule has 0 spiro atoms. The molecule has 0 unspecified atom stereocenters. The summed E-state index contributed by atoms with van der Waals surface area (Å²) in [5.41, 5.74) is 2.98. The van der Waals surface area contributed by atoms with Crippen molar-refractivity contribution in [2.24, 2.45) is 0 Å². The highest BCUT2D eigenvalue weighted by molar-refractivity contribution is 7.80. The van der Waals surface area contributed by atoms with Gasteiger partial charge in [0.1, 0.15) is 5.75 Å². The molecule has 1 nitrogen and oxygen atoms in total. The Balaban J connectivity index is 2.35. The molecule has 0 aliphatic rings. The Morgan fingerprint density at radius 1 is 0.621 bits per heavy atom. The highest BCUT2D eigenvalue weighted by Crippen LogP contribution is 2.41. The van der Waals surface area contributed by atoms with E-state index in [0.717, 1.165) is 5.75 Å². The summed E-state index contributed by atoms with van der Waals surface area (Å²) in [6, 6.07) is 26.5. The van der Waals surface area contributed by atoms with E-state index >= 15 is 0 Å². The van der Waals surface area contributed by atoms with Crippen LogP contribution in [0.1, 0.15) is 52.7 Å². The number of methoxy groups -OCH3 is 1.